The van der Waals surface area contributed by atoms with E-state index in [1.807, 2.05) is 19.1 Å². The highest BCUT2D eigenvalue weighted by atomic mass is 35.5. The van der Waals surface area contributed by atoms with E-state index in [4.69, 9.17) is 21.8 Å². The highest BCUT2D eigenvalue weighted by Gasteiger charge is 2.18. The average Bonchev–Trinajstić information content (AvgIpc) is 2.87. The summed E-state index contributed by atoms with van der Waals surface area (Å²) in [6, 6.07) is 12.4. The quantitative estimate of drug-likeness (QED) is 0.567. The van der Waals surface area contributed by atoms with Crippen LogP contribution >= 0.6 is 11.6 Å². The van der Waals surface area contributed by atoms with Gasteiger partial charge in [-0.05, 0) is 30.7 Å². The maximum absolute atomic E-state index is 12.5. The molecule has 3 nitrogen and oxygen atoms in total. The number of carbonyl (C=O) groups is 1. The fourth-order valence-corrected chi connectivity index (χ4v) is 2.39. The van der Waals surface area contributed by atoms with Gasteiger partial charge in [0.1, 0.15) is 0 Å². The molecule has 0 saturated carbocycles. The number of furan rings is 1. The second-order valence-corrected chi connectivity index (χ2v) is 5.02. The van der Waals surface area contributed by atoms with E-state index in [0.29, 0.717) is 21.9 Å². The molecule has 2 aromatic carbocycles. The number of rotatable bonds is 2. The molecule has 0 bridgehead atoms. The van der Waals surface area contributed by atoms with Crippen molar-refractivity contribution in [3.63, 3.8) is 0 Å². The van der Waals surface area contributed by atoms with Gasteiger partial charge in [0.05, 0.1) is 5.02 Å². The van der Waals surface area contributed by atoms with Crippen molar-refractivity contribution in [3.8, 4) is 0 Å². The monoisotopic (exact) mass is 285 g/mol. The van der Waals surface area contributed by atoms with Crippen molar-refractivity contribution in [2.45, 2.75) is 6.92 Å². The van der Waals surface area contributed by atoms with Crippen LogP contribution in [-0.4, -0.2) is 5.78 Å². The van der Waals surface area contributed by atoms with E-state index in [1.165, 1.54) is 0 Å². The molecule has 20 heavy (non-hydrogen) atoms. The third kappa shape index (κ3) is 1.96. The molecule has 3 aromatic rings. The first-order valence-corrected chi connectivity index (χ1v) is 6.53. The molecule has 0 atom stereocenters. The number of para-hydroxylation sites is 1. The topological polar surface area (TPSA) is 56.2 Å². The molecule has 1 aromatic heterocycles. The van der Waals surface area contributed by atoms with Crippen LogP contribution in [0, 0.1) is 6.92 Å². The van der Waals surface area contributed by atoms with E-state index in [9.17, 15) is 4.79 Å². The Morgan fingerprint density at radius 2 is 1.95 bits per heavy atom. The zero-order valence-electron chi connectivity index (χ0n) is 10.8. The van der Waals surface area contributed by atoms with Gasteiger partial charge in [-0.25, -0.2) is 0 Å². The van der Waals surface area contributed by atoms with Crippen molar-refractivity contribution in [3.05, 3.63) is 64.4 Å². The molecule has 3 rings (SSSR count). The van der Waals surface area contributed by atoms with Crippen LogP contribution in [0.5, 0.6) is 0 Å². The Morgan fingerprint density at radius 1 is 1.20 bits per heavy atom. The van der Waals surface area contributed by atoms with Crippen molar-refractivity contribution in [2.75, 3.05) is 5.73 Å². The standard InChI is InChI=1S/C16H12ClNO2/c1-9-11(5-3-7-13(9)18)15(19)14-8-10-4-2-6-12(17)16(10)20-14/h2-8H,18H2,1H3. The summed E-state index contributed by atoms with van der Waals surface area (Å²) in [5.41, 5.74) is 8.24. The van der Waals surface area contributed by atoms with Crippen LogP contribution in [0.2, 0.25) is 5.02 Å². The second-order valence-electron chi connectivity index (χ2n) is 4.62. The number of hydrogen-bond acceptors (Lipinski definition) is 3. The van der Waals surface area contributed by atoms with Gasteiger partial charge in [0.2, 0.25) is 5.78 Å². The van der Waals surface area contributed by atoms with E-state index in [1.54, 1.807) is 30.3 Å². The van der Waals surface area contributed by atoms with E-state index in [-0.39, 0.29) is 11.5 Å². The summed E-state index contributed by atoms with van der Waals surface area (Å²) in [5.74, 6) is 0.0730. The van der Waals surface area contributed by atoms with Crippen LogP contribution in [0.3, 0.4) is 0 Å². The minimum Gasteiger partial charge on any atom is -0.451 e. The largest absolute Gasteiger partial charge is 0.451 e. The molecule has 100 valence electrons. The SMILES string of the molecule is Cc1c(N)cccc1C(=O)c1cc2cccc(Cl)c2o1. The van der Waals surface area contributed by atoms with Gasteiger partial charge in [-0.2, -0.15) is 0 Å². The van der Waals surface area contributed by atoms with Gasteiger partial charge >= 0.3 is 0 Å². The van der Waals surface area contributed by atoms with Crippen LogP contribution in [-0.2, 0) is 0 Å². The number of fused-ring (bicyclic) bond motifs is 1. The molecule has 0 aliphatic heterocycles. The highest BCUT2D eigenvalue weighted by Crippen LogP contribution is 2.28. The number of ketones is 1. The summed E-state index contributed by atoms with van der Waals surface area (Å²) in [6.45, 7) is 1.82. The molecule has 0 unspecified atom stereocenters. The third-order valence-electron chi connectivity index (χ3n) is 3.34. The van der Waals surface area contributed by atoms with Crippen molar-refractivity contribution >= 4 is 34.0 Å². The van der Waals surface area contributed by atoms with Gasteiger partial charge in [-0.1, -0.05) is 35.9 Å². The zero-order chi connectivity index (χ0) is 14.3. The lowest BCUT2D eigenvalue weighted by Gasteiger charge is -2.05. The number of nitrogen functional groups attached to an aromatic ring is 1. The molecule has 0 aliphatic rings. The summed E-state index contributed by atoms with van der Waals surface area (Å²) in [4.78, 5) is 12.5. The summed E-state index contributed by atoms with van der Waals surface area (Å²) in [6.07, 6.45) is 0. The fraction of sp³-hybridized carbons (Fsp3) is 0.0625. The Hall–Kier alpha value is -2.26. The predicted molar refractivity (Wildman–Crippen MR) is 80.2 cm³/mol. The Morgan fingerprint density at radius 3 is 2.70 bits per heavy atom. The summed E-state index contributed by atoms with van der Waals surface area (Å²) >= 11 is 6.05. The van der Waals surface area contributed by atoms with Crippen LogP contribution in [0.25, 0.3) is 11.0 Å². The predicted octanol–water partition coefficient (Wildman–Crippen LogP) is 4.21. The molecule has 0 radical (unpaired) electrons. The Balaban J connectivity index is 2.13. The van der Waals surface area contributed by atoms with Gasteiger partial charge < -0.3 is 10.2 Å². The Labute approximate surface area is 120 Å². The van der Waals surface area contributed by atoms with Crippen molar-refractivity contribution < 1.29 is 9.21 Å². The third-order valence-corrected chi connectivity index (χ3v) is 3.64. The Bertz CT molecular complexity index is 820. The maximum atomic E-state index is 12.5. The van der Waals surface area contributed by atoms with Crippen molar-refractivity contribution in [2.24, 2.45) is 0 Å². The average molecular weight is 286 g/mol. The molecule has 0 spiro atoms. The maximum Gasteiger partial charge on any atom is 0.228 e. The van der Waals surface area contributed by atoms with Gasteiger partial charge in [-0.3, -0.25) is 4.79 Å². The van der Waals surface area contributed by atoms with Crippen molar-refractivity contribution in [1.29, 1.82) is 0 Å². The van der Waals surface area contributed by atoms with Gasteiger partial charge in [0.15, 0.2) is 11.3 Å². The fourth-order valence-electron chi connectivity index (χ4n) is 2.17. The Kier molecular flexibility index (Phi) is 2.99. The minimum atomic E-state index is -0.193. The normalized spacial score (nSPS) is 10.9. The van der Waals surface area contributed by atoms with E-state index >= 15 is 0 Å². The number of benzene rings is 2. The molecule has 0 amide bonds. The first kappa shape index (κ1) is 12.8. The van der Waals surface area contributed by atoms with E-state index < -0.39 is 0 Å². The van der Waals surface area contributed by atoms with Gasteiger partial charge in [0, 0.05) is 16.6 Å². The van der Waals surface area contributed by atoms with Gasteiger partial charge in [-0.15, -0.1) is 0 Å². The van der Waals surface area contributed by atoms with Crippen molar-refractivity contribution in [1.82, 2.24) is 0 Å². The molecule has 0 saturated heterocycles. The molecule has 0 fully saturated rings. The summed E-state index contributed by atoms with van der Waals surface area (Å²) in [5, 5.41) is 1.30. The lowest BCUT2D eigenvalue weighted by Crippen LogP contribution is -2.04. The molecule has 4 heteroatoms. The second kappa shape index (κ2) is 4.69. The lowest BCUT2D eigenvalue weighted by atomic mass is 10.0. The lowest BCUT2D eigenvalue weighted by molar-refractivity contribution is 0.101. The number of nitrogens with two attached hydrogens (primary N) is 1. The minimum absolute atomic E-state index is 0.193. The molecular weight excluding hydrogens is 274 g/mol. The summed E-state index contributed by atoms with van der Waals surface area (Å²) in [7, 11) is 0. The first-order valence-electron chi connectivity index (χ1n) is 6.16. The molecule has 1 heterocycles. The zero-order valence-corrected chi connectivity index (χ0v) is 11.6. The van der Waals surface area contributed by atoms with Gasteiger partial charge in [0.25, 0.3) is 0 Å². The number of halogens is 1. The summed E-state index contributed by atoms with van der Waals surface area (Å²) < 4.78 is 5.59. The van der Waals surface area contributed by atoms with Crippen LogP contribution < -0.4 is 5.73 Å². The highest BCUT2D eigenvalue weighted by molar-refractivity contribution is 6.35. The molecular formula is C16H12ClNO2. The van der Waals surface area contributed by atoms with Crippen LogP contribution in [0.1, 0.15) is 21.7 Å². The smallest absolute Gasteiger partial charge is 0.228 e. The number of anilines is 1. The van der Waals surface area contributed by atoms with E-state index in [0.717, 1.165) is 10.9 Å². The number of hydrogen-bond donors (Lipinski definition) is 1. The molecule has 0 aliphatic carbocycles. The van der Waals surface area contributed by atoms with Crippen LogP contribution in [0.15, 0.2) is 46.9 Å². The van der Waals surface area contributed by atoms with E-state index in [2.05, 4.69) is 0 Å². The number of carbonyl (C=O) groups excluding carboxylic acids is 1. The first-order chi connectivity index (χ1) is 9.58. The molecule has 2 N–H and O–H groups in total. The van der Waals surface area contributed by atoms with Crippen LogP contribution in [0.4, 0.5) is 5.69 Å².